The van der Waals surface area contributed by atoms with Crippen molar-refractivity contribution in [2.45, 2.75) is 33.2 Å². The molecule has 1 amide bonds. The van der Waals surface area contributed by atoms with E-state index in [4.69, 9.17) is 9.47 Å². The minimum atomic E-state index is -0.685. The Morgan fingerprint density at radius 1 is 0.875 bits per heavy atom. The normalized spacial score (nSPS) is 16.5. The minimum absolute atomic E-state index is 0.110. The predicted octanol–water partition coefficient (Wildman–Crippen LogP) is 5.61. The van der Waals surface area contributed by atoms with Crippen LogP contribution < -0.4 is 9.47 Å². The molecule has 1 aliphatic heterocycles. The number of benzene rings is 3. The van der Waals surface area contributed by atoms with E-state index >= 15 is 0 Å². The molecule has 3 aromatic carbocycles. The Hall–Kier alpha value is -4.10. The molecule has 0 aromatic heterocycles. The maximum absolute atomic E-state index is 13.2. The third-order valence-corrected chi connectivity index (χ3v) is 7.25. The van der Waals surface area contributed by atoms with E-state index in [0.29, 0.717) is 31.1 Å². The van der Waals surface area contributed by atoms with Gasteiger partial charge in [0.2, 0.25) is 0 Å². The number of Topliss-reactive ketones (excluding diaryl/α,β-unsaturated/α-hetero) is 1. The average Bonchev–Trinajstić information content (AvgIpc) is 3.24. The Kier molecular flexibility index (Phi) is 9.97. The average molecular weight is 543 g/mol. The molecule has 0 aliphatic carbocycles. The number of likely N-dealkylation sites (tertiary alicyclic amines) is 1. The topological polar surface area (TPSA) is 79.3 Å². The summed E-state index contributed by atoms with van der Waals surface area (Å²) in [5.74, 6) is 0.0665. The molecule has 0 saturated carbocycles. The summed E-state index contributed by atoms with van der Waals surface area (Å²) < 4.78 is 11.7. The number of aryl methyl sites for hydroxylation is 1. The van der Waals surface area contributed by atoms with E-state index in [-0.39, 0.29) is 11.3 Å². The fraction of sp³-hybridized carbons (Fsp3) is 0.333. The molecule has 0 unspecified atom stereocenters. The fourth-order valence-electron chi connectivity index (χ4n) is 4.99. The summed E-state index contributed by atoms with van der Waals surface area (Å²) in [6.45, 7) is 10.0. The number of nitrogens with zero attached hydrogens (tertiary/aromatic N) is 2. The Bertz CT molecular complexity index is 1320. The quantitative estimate of drug-likeness (QED) is 0.131. The summed E-state index contributed by atoms with van der Waals surface area (Å²) in [6, 6.07) is 23.4. The summed E-state index contributed by atoms with van der Waals surface area (Å²) in [4.78, 5) is 30.3. The molecule has 1 heterocycles. The van der Waals surface area contributed by atoms with Crippen molar-refractivity contribution in [3.63, 3.8) is 0 Å². The van der Waals surface area contributed by atoms with Crippen LogP contribution in [0.4, 0.5) is 0 Å². The van der Waals surface area contributed by atoms with Crippen LogP contribution >= 0.6 is 0 Å². The highest BCUT2D eigenvalue weighted by Gasteiger charge is 2.45. The van der Waals surface area contributed by atoms with Gasteiger partial charge in [-0.15, -0.1) is 0 Å². The maximum atomic E-state index is 13.2. The second kappa shape index (κ2) is 13.8. The lowest BCUT2D eigenvalue weighted by Crippen LogP contribution is -2.33. The van der Waals surface area contributed by atoms with Crippen LogP contribution in [-0.2, 0) is 9.59 Å². The fourth-order valence-corrected chi connectivity index (χ4v) is 4.99. The number of amides is 1. The Morgan fingerprint density at radius 2 is 1.52 bits per heavy atom. The second-order valence-electron chi connectivity index (χ2n) is 9.77. The number of rotatable bonds is 13. The van der Waals surface area contributed by atoms with Crippen LogP contribution in [-0.4, -0.2) is 66.0 Å². The van der Waals surface area contributed by atoms with Crippen molar-refractivity contribution >= 4 is 17.4 Å². The van der Waals surface area contributed by atoms with Crippen molar-refractivity contribution in [3.05, 3.63) is 101 Å². The first-order valence-corrected chi connectivity index (χ1v) is 13.9. The lowest BCUT2D eigenvalue weighted by Gasteiger charge is -2.27. The summed E-state index contributed by atoms with van der Waals surface area (Å²) >= 11 is 0. The predicted molar refractivity (Wildman–Crippen MR) is 156 cm³/mol. The molecule has 40 heavy (non-hydrogen) atoms. The number of aliphatic hydroxyl groups is 1. The van der Waals surface area contributed by atoms with Crippen LogP contribution in [0.25, 0.3) is 5.76 Å². The van der Waals surface area contributed by atoms with Gasteiger partial charge in [-0.2, -0.15) is 0 Å². The van der Waals surface area contributed by atoms with Crippen LogP contribution in [0, 0.1) is 6.92 Å². The van der Waals surface area contributed by atoms with Crippen LogP contribution in [0.5, 0.6) is 11.5 Å². The molecule has 7 heteroatoms. The van der Waals surface area contributed by atoms with E-state index in [1.807, 2.05) is 61.5 Å². The molecule has 0 bridgehead atoms. The molecule has 1 fully saturated rings. The SMILES string of the molecule is CCN(CC)CCCN1C(=O)C(=O)C(=C(O)c2ccccc2)[C@H]1c1ccc(OCCOc2ccccc2C)cc1. The molecule has 0 radical (unpaired) electrons. The van der Waals surface area contributed by atoms with Gasteiger partial charge < -0.3 is 24.4 Å². The van der Waals surface area contributed by atoms with Gasteiger partial charge in [0, 0.05) is 12.1 Å². The van der Waals surface area contributed by atoms with Gasteiger partial charge in [0.15, 0.2) is 0 Å². The minimum Gasteiger partial charge on any atom is -0.507 e. The lowest BCUT2D eigenvalue weighted by atomic mass is 9.95. The van der Waals surface area contributed by atoms with E-state index in [9.17, 15) is 14.7 Å². The molecule has 1 N–H and O–H groups in total. The van der Waals surface area contributed by atoms with Gasteiger partial charge in [0.25, 0.3) is 11.7 Å². The maximum Gasteiger partial charge on any atom is 0.295 e. The van der Waals surface area contributed by atoms with E-state index < -0.39 is 17.7 Å². The number of carbonyl (C=O) groups excluding carboxylic acids is 2. The van der Waals surface area contributed by atoms with Gasteiger partial charge in [-0.1, -0.05) is 74.5 Å². The van der Waals surface area contributed by atoms with Crippen molar-refractivity contribution in [2.24, 2.45) is 0 Å². The zero-order valence-electron chi connectivity index (χ0n) is 23.5. The molecule has 1 saturated heterocycles. The Morgan fingerprint density at radius 3 is 2.20 bits per heavy atom. The summed E-state index contributed by atoms with van der Waals surface area (Å²) in [5, 5.41) is 11.2. The molecule has 1 aliphatic rings. The molecule has 3 aromatic rings. The first kappa shape index (κ1) is 28.9. The monoisotopic (exact) mass is 542 g/mol. The van der Waals surface area contributed by atoms with Crippen LogP contribution in [0.3, 0.4) is 0 Å². The summed E-state index contributed by atoms with van der Waals surface area (Å²) in [7, 11) is 0. The van der Waals surface area contributed by atoms with Crippen LogP contribution in [0.15, 0.2) is 84.4 Å². The Labute approximate surface area is 236 Å². The van der Waals surface area contributed by atoms with Crippen molar-refractivity contribution in [2.75, 3.05) is 39.4 Å². The largest absolute Gasteiger partial charge is 0.507 e. The van der Waals surface area contributed by atoms with E-state index in [0.717, 1.165) is 42.9 Å². The van der Waals surface area contributed by atoms with Gasteiger partial charge in [0.1, 0.15) is 30.5 Å². The first-order chi connectivity index (χ1) is 19.4. The smallest absolute Gasteiger partial charge is 0.295 e. The van der Waals surface area contributed by atoms with Crippen molar-refractivity contribution in [3.8, 4) is 11.5 Å². The van der Waals surface area contributed by atoms with Gasteiger partial charge in [-0.05, 0) is 62.3 Å². The van der Waals surface area contributed by atoms with E-state index in [1.165, 1.54) is 0 Å². The summed E-state index contributed by atoms with van der Waals surface area (Å²) in [5.41, 5.74) is 2.42. The zero-order valence-corrected chi connectivity index (χ0v) is 23.5. The van der Waals surface area contributed by atoms with Crippen LogP contribution in [0.2, 0.25) is 0 Å². The third-order valence-electron chi connectivity index (χ3n) is 7.25. The van der Waals surface area contributed by atoms with Gasteiger partial charge in [0.05, 0.1) is 11.6 Å². The van der Waals surface area contributed by atoms with Gasteiger partial charge >= 0.3 is 0 Å². The van der Waals surface area contributed by atoms with Crippen molar-refractivity contribution in [1.82, 2.24) is 9.80 Å². The number of hydrogen-bond acceptors (Lipinski definition) is 6. The van der Waals surface area contributed by atoms with Gasteiger partial charge in [-0.25, -0.2) is 0 Å². The molecule has 4 rings (SSSR count). The number of ketones is 1. The highest BCUT2D eigenvalue weighted by atomic mass is 16.5. The third kappa shape index (κ3) is 6.72. The van der Waals surface area contributed by atoms with Gasteiger partial charge in [-0.3, -0.25) is 9.59 Å². The molecule has 210 valence electrons. The van der Waals surface area contributed by atoms with E-state index in [2.05, 4.69) is 18.7 Å². The second-order valence-corrected chi connectivity index (χ2v) is 9.77. The number of aliphatic hydroxyl groups excluding tert-OH is 1. The standard InChI is InChI=1S/C33H38N2O5/c1-4-34(5-2)20-11-21-35-30(29(32(37)33(35)38)31(36)26-13-7-6-8-14-26)25-16-18-27(19-17-25)39-22-23-40-28-15-10-9-12-24(28)3/h6-10,12-19,30,36H,4-5,11,20-23H2,1-3H3/t30-/m1/s1. The highest BCUT2D eigenvalue weighted by molar-refractivity contribution is 6.46. The number of hydrogen-bond donors (Lipinski definition) is 1. The highest BCUT2D eigenvalue weighted by Crippen LogP contribution is 2.39. The van der Waals surface area contributed by atoms with Crippen LogP contribution in [0.1, 0.15) is 43.0 Å². The molecule has 0 spiro atoms. The molecule has 1 atom stereocenters. The Balaban J connectivity index is 1.53. The number of ether oxygens (including phenoxy) is 2. The molecular weight excluding hydrogens is 504 g/mol. The summed E-state index contributed by atoms with van der Waals surface area (Å²) in [6.07, 6.45) is 0.721. The molecule has 7 nitrogen and oxygen atoms in total. The lowest BCUT2D eigenvalue weighted by molar-refractivity contribution is -0.140. The van der Waals surface area contributed by atoms with E-state index in [1.54, 1.807) is 29.2 Å². The molecular formula is C33H38N2O5. The van der Waals surface area contributed by atoms with Crippen molar-refractivity contribution in [1.29, 1.82) is 0 Å². The number of para-hydroxylation sites is 1. The first-order valence-electron chi connectivity index (χ1n) is 13.9. The number of carbonyl (C=O) groups is 2. The zero-order chi connectivity index (χ0) is 28.5. The van der Waals surface area contributed by atoms with Crippen molar-refractivity contribution < 1.29 is 24.2 Å².